The number of halogens is 2. The second-order valence-electron chi connectivity index (χ2n) is 4.80. The maximum absolute atomic E-state index is 13.8. The molecule has 0 fully saturated rings. The average Bonchev–Trinajstić information content (AvgIpc) is 2.98. The maximum Gasteiger partial charge on any atom is 0.249 e. The van der Waals surface area contributed by atoms with E-state index in [1.807, 2.05) is 6.92 Å². The first-order chi connectivity index (χ1) is 10.0. The van der Waals surface area contributed by atoms with E-state index in [9.17, 15) is 13.6 Å². The van der Waals surface area contributed by atoms with Crippen LogP contribution in [-0.2, 0) is 17.8 Å². The van der Waals surface area contributed by atoms with Gasteiger partial charge in [-0.3, -0.25) is 4.79 Å². The Hall–Kier alpha value is -1.86. The van der Waals surface area contributed by atoms with Gasteiger partial charge in [0.1, 0.15) is 17.7 Å². The molecule has 2 heterocycles. The Morgan fingerprint density at radius 1 is 1.43 bits per heavy atom. The van der Waals surface area contributed by atoms with E-state index in [1.54, 1.807) is 6.20 Å². The number of fused-ring (bicyclic) bond motifs is 1. The van der Waals surface area contributed by atoms with E-state index in [4.69, 9.17) is 5.73 Å². The van der Waals surface area contributed by atoms with E-state index in [0.717, 1.165) is 28.4 Å². The van der Waals surface area contributed by atoms with Crippen LogP contribution in [0.3, 0.4) is 0 Å². The third kappa shape index (κ3) is 2.32. The van der Waals surface area contributed by atoms with Crippen LogP contribution in [0.25, 0.3) is 0 Å². The number of aromatic nitrogens is 1. The number of carbonyl (C=O) groups excluding carboxylic acids is 1. The molecule has 0 saturated heterocycles. The minimum absolute atomic E-state index is 0.0571. The van der Waals surface area contributed by atoms with Gasteiger partial charge in [0.15, 0.2) is 0 Å². The second-order valence-corrected chi connectivity index (χ2v) is 6.00. The molecule has 1 aromatic heterocycles. The smallest absolute Gasteiger partial charge is 0.249 e. The molecule has 3 rings (SSSR count). The molecule has 7 heteroatoms. The van der Waals surface area contributed by atoms with E-state index in [1.165, 1.54) is 16.2 Å². The van der Waals surface area contributed by atoms with Crippen molar-refractivity contribution in [2.45, 2.75) is 25.9 Å². The number of rotatable bonds is 3. The van der Waals surface area contributed by atoms with Gasteiger partial charge in [-0.25, -0.2) is 13.8 Å². The van der Waals surface area contributed by atoms with Gasteiger partial charge in [0, 0.05) is 22.7 Å². The van der Waals surface area contributed by atoms with Crippen molar-refractivity contribution in [3.05, 3.63) is 45.4 Å². The number of hydrogen-bond donors (Lipinski definition) is 1. The standard InChI is InChI=1S/C14H13F2N3OS/c1-2-11-18-5-8(21-11)6-19-10-4-7(15)3-9(16)12(10)13(17)14(19)20/h3-5,13H,2,6,17H2,1H3. The lowest BCUT2D eigenvalue weighted by atomic mass is 10.1. The number of carbonyl (C=O) groups is 1. The number of benzene rings is 1. The molecule has 1 amide bonds. The molecule has 0 bridgehead atoms. The molecular formula is C14H13F2N3OS. The van der Waals surface area contributed by atoms with Crippen LogP contribution in [0.2, 0.25) is 0 Å². The normalized spacial score (nSPS) is 17.4. The molecule has 21 heavy (non-hydrogen) atoms. The van der Waals surface area contributed by atoms with Gasteiger partial charge in [-0.15, -0.1) is 11.3 Å². The molecule has 0 saturated carbocycles. The van der Waals surface area contributed by atoms with Gasteiger partial charge in [-0.1, -0.05) is 6.92 Å². The number of nitrogens with two attached hydrogens (primary N) is 1. The molecule has 2 aromatic rings. The lowest BCUT2D eigenvalue weighted by Crippen LogP contribution is -2.31. The molecule has 1 aromatic carbocycles. The van der Waals surface area contributed by atoms with Crippen molar-refractivity contribution in [1.29, 1.82) is 0 Å². The lowest BCUT2D eigenvalue weighted by Gasteiger charge is -2.16. The van der Waals surface area contributed by atoms with Crippen molar-refractivity contribution in [3.63, 3.8) is 0 Å². The van der Waals surface area contributed by atoms with Gasteiger partial charge in [-0.05, 0) is 12.5 Å². The second kappa shape index (κ2) is 5.16. The van der Waals surface area contributed by atoms with E-state index < -0.39 is 23.6 Å². The first kappa shape index (κ1) is 14.1. The van der Waals surface area contributed by atoms with Gasteiger partial charge in [-0.2, -0.15) is 0 Å². The van der Waals surface area contributed by atoms with E-state index in [-0.39, 0.29) is 17.8 Å². The largest absolute Gasteiger partial charge is 0.316 e. The van der Waals surface area contributed by atoms with Gasteiger partial charge in [0.25, 0.3) is 0 Å². The Kier molecular flexibility index (Phi) is 3.46. The first-order valence-corrected chi connectivity index (χ1v) is 7.32. The Balaban J connectivity index is 1.99. The van der Waals surface area contributed by atoms with Crippen molar-refractivity contribution in [1.82, 2.24) is 4.98 Å². The van der Waals surface area contributed by atoms with Gasteiger partial charge in [0.2, 0.25) is 5.91 Å². The summed E-state index contributed by atoms with van der Waals surface area (Å²) in [6.07, 6.45) is 2.48. The van der Waals surface area contributed by atoms with Crippen LogP contribution in [0.1, 0.15) is 28.4 Å². The fraction of sp³-hybridized carbons (Fsp3) is 0.286. The molecule has 1 unspecified atom stereocenters. The third-order valence-corrected chi connectivity index (χ3v) is 4.55. The van der Waals surface area contributed by atoms with Gasteiger partial charge in [0.05, 0.1) is 17.2 Å². The molecule has 1 aliphatic heterocycles. The number of aryl methyl sites for hydroxylation is 1. The van der Waals surface area contributed by atoms with Crippen molar-refractivity contribution < 1.29 is 13.6 Å². The molecule has 110 valence electrons. The minimum Gasteiger partial charge on any atom is -0.316 e. The van der Waals surface area contributed by atoms with E-state index in [2.05, 4.69) is 4.98 Å². The highest BCUT2D eigenvalue weighted by Crippen LogP contribution is 2.38. The summed E-state index contributed by atoms with van der Waals surface area (Å²) in [5, 5.41) is 0.951. The quantitative estimate of drug-likeness (QED) is 0.948. The SMILES string of the molecule is CCc1ncc(CN2C(=O)C(N)c3c(F)cc(F)cc32)s1. The topological polar surface area (TPSA) is 59.2 Å². The highest BCUT2D eigenvalue weighted by molar-refractivity contribution is 7.11. The number of thiazole rings is 1. The van der Waals surface area contributed by atoms with E-state index in [0.29, 0.717) is 0 Å². The molecule has 0 spiro atoms. The summed E-state index contributed by atoms with van der Waals surface area (Å²) in [6, 6.07) is 0.807. The van der Waals surface area contributed by atoms with Crippen molar-refractivity contribution in [2.75, 3.05) is 4.90 Å². The minimum atomic E-state index is -1.08. The van der Waals surface area contributed by atoms with Crippen molar-refractivity contribution in [3.8, 4) is 0 Å². The number of hydrogen-bond acceptors (Lipinski definition) is 4. The van der Waals surface area contributed by atoms with Crippen molar-refractivity contribution in [2.24, 2.45) is 5.73 Å². The summed E-state index contributed by atoms with van der Waals surface area (Å²) < 4.78 is 27.3. The highest BCUT2D eigenvalue weighted by Gasteiger charge is 2.38. The van der Waals surface area contributed by atoms with Crippen LogP contribution in [0, 0.1) is 11.6 Å². The van der Waals surface area contributed by atoms with Crippen LogP contribution < -0.4 is 10.6 Å². The average molecular weight is 309 g/mol. The zero-order valence-electron chi connectivity index (χ0n) is 11.3. The van der Waals surface area contributed by atoms with E-state index >= 15 is 0 Å². The highest BCUT2D eigenvalue weighted by atomic mass is 32.1. The van der Waals surface area contributed by atoms with Crippen molar-refractivity contribution >= 4 is 22.9 Å². The first-order valence-electron chi connectivity index (χ1n) is 6.50. The molecule has 0 aliphatic carbocycles. The third-order valence-electron chi connectivity index (χ3n) is 3.42. The number of amides is 1. The Bertz CT molecular complexity index is 716. The fourth-order valence-electron chi connectivity index (χ4n) is 2.42. The van der Waals surface area contributed by atoms with Crippen LogP contribution in [0.4, 0.5) is 14.5 Å². The zero-order valence-corrected chi connectivity index (χ0v) is 12.1. The summed E-state index contributed by atoms with van der Waals surface area (Å²) in [7, 11) is 0. The molecule has 0 radical (unpaired) electrons. The predicted octanol–water partition coefficient (Wildman–Crippen LogP) is 2.53. The summed E-state index contributed by atoms with van der Waals surface area (Å²) >= 11 is 1.47. The molecule has 4 nitrogen and oxygen atoms in total. The molecule has 2 N–H and O–H groups in total. The number of anilines is 1. The zero-order chi connectivity index (χ0) is 15.1. The fourth-order valence-corrected chi connectivity index (χ4v) is 3.27. The Morgan fingerprint density at radius 2 is 2.19 bits per heavy atom. The summed E-state index contributed by atoms with van der Waals surface area (Å²) in [6.45, 7) is 2.21. The summed E-state index contributed by atoms with van der Waals surface area (Å²) in [5.41, 5.74) is 6.01. The Morgan fingerprint density at radius 3 is 2.86 bits per heavy atom. The number of nitrogens with zero attached hydrogens (tertiary/aromatic N) is 2. The molecular weight excluding hydrogens is 296 g/mol. The Labute approximate surface area is 124 Å². The summed E-state index contributed by atoms with van der Waals surface area (Å²) in [4.78, 5) is 18.6. The maximum atomic E-state index is 13.8. The summed E-state index contributed by atoms with van der Waals surface area (Å²) in [5.74, 6) is -1.94. The monoisotopic (exact) mass is 309 g/mol. The van der Waals surface area contributed by atoms with Crippen LogP contribution >= 0.6 is 11.3 Å². The van der Waals surface area contributed by atoms with Crippen LogP contribution in [-0.4, -0.2) is 10.9 Å². The molecule has 1 atom stereocenters. The van der Waals surface area contributed by atoms with Gasteiger partial charge >= 0.3 is 0 Å². The van der Waals surface area contributed by atoms with Gasteiger partial charge < -0.3 is 10.6 Å². The van der Waals surface area contributed by atoms with Crippen LogP contribution in [0.5, 0.6) is 0 Å². The molecule has 1 aliphatic rings. The predicted molar refractivity (Wildman–Crippen MR) is 76.0 cm³/mol. The van der Waals surface area contributed by atoms with Crippen LogP contribution in [0.15, 0.2) is 18.3 Å². The lowest BCUT2D eigenvalue weighted by molar-refractivity contribution is -0.119.